The fourth-order valence-corrected chi connectivity index (χ4v) is 4.01. The van der Waals surface area contributed by atoms with E-state index in [2.05, 4.69) is 21.2 Å². The molecule has 2 aromatic carbocycles. The lowest BCUT2D eigenvalue weighted by molar-refractivity contribution is -0.0769. The van der Waals surface area contributed by atoms with Gasteiger partial charge in [-0.2, -0.15) is 0 Å². The number of anilines is 2. The third-order valence-corrected chi connectivity index (χ3v) is 5.56. The zero-order chi connectivity index (χ0) is 22.2. The van der Waals surface area contributed by atoms with Crippen molar-refractivity contribution in [1.29, 1.82) is 0 Å². The molecule has 1 aliphatic rings. The lowest BCUT2D eigenvalue weighted by Gasteiger charge is -2.37. The molecular weight excluding hydrogens is 405 g/mol. The van der Waals surface area contributed by atoms with Crippen molar-refractivity contribution >= 4 is 22.4 Å². The number of benzene rings is 2. The highest BCUT2D eigenvalue weighted by Gasteiger charge is 2.45. The third-order valence-electron chi connectivity index (χ3n) is 5.56. The van der Waals surface area contributed by atoms with E-state index in [9.17, 15) is 13.2 Å². The molecule has 31 heavy (non-hydrogen) atoms. The van der Waals surface area contributed by atoms with Gasteiger partial charge >= 0.3 is 0 Å². The highest BCUT2D eigenvalue weighted by Crippen LogP contribution is 2.45. The highest BCUT2D eigenvalue weighted by molar-refractivity contribution is 5.92. The molecule has 0 bridgehead atoms. The van der Waals surface area contributed by atoms with Crippen LogP contribution in [0.15, 0.2) is 36.7 Å². The van der Waals surface area contributed by atoms with E-state index in [0.717, 1.165) is 0 Å². The number of nitrogens with zero attached hydrogens (tertiary/aromatic N) is 3. The lowest BCUT2D eigenvalue weighted by atomic mass is 9.85. The summed E-state index contributed by atoms with van der Waals surface area (Å²) in [7, 11) is 3.12. The van der Waals surface area contributed by atoms with Gasteiger partial charge in [0.25, 0.3) is 5.92 Å². The Morgan fingerprint density at radius 3 is 2.81 bits per heavy atom. The van der Waals surface area contributed by atoms with Crippen LogP contribution in [0.3, 0.4) is 0 Å². The Kier molecular flexibility index (Phi) is 5.46. The number of ether oxygens (including phenoxy) is 1. The number of halogens is 3. The van der Waals surface area contributed by atoms with Crippen molar-refractivity contribution in [2.75, 3.05) is 32.6 Å². The molecule has 1 atom stereocenters. The number of hydrogen-bond donors (Lipinski definition) is 1. The van der Waals surface area contributed by atoms with Crippen LogP contribution in [0.5, 0.6) is 5.75 Å². The minimum absolute atomic E-state index is 0.108. The molecule has 1 saturated heterocycles. The summed E-state index contributed by atoms with van der Waals surface area (Å²) in [5.41, 5.74) is 1.11. The first-order valence-electron chi connectivity index (χ1n) is 9.75. The number of hydrogen-bond acceptors (Lipinski definition) is 5. The smallest absolute Gasteiger partial charge is 0.267 e. The van der Waals surface area contributed by atoms with Crippen molar-refractivity contribution in [3.05, 3.63) is 53.6 Å². The molecule has 0 aliphatic carbocycles. The lowest BCUT2D eigenvalue weighted by Crippen LogP contribution is -2.45. The van der Waals surface area contributed by atoms with E-state index in [4.69, 9.17) is 11.2 Å². The fraction of sp³-hybridized carbons (Fsp3) is 0.304. The summed E-state index contributed by atoms with van der Waals surface area (Å²) < 4.78 is 49.8. The largest absolute Gasteiger partial charge is 0.496 e. The Hall–Kier alpha value is -3.31. The maximum absolute atomic E-state index is 14.9. The Morgan fingerprint density at radius 1 is 1.29 bits per heavy atom. The average molecular weight is 426 g/mol. The minimum atomic E-state index is -2.93. The first-order valence-corrected chi connectivity index (χ1v) is 9.75. The molecule has 3 aromatic rings. The van der Waals surface area contributed by atoms with Gasteiger partial charge in [0.15, 0.2) is 5.82 Å². The molecule has 1 N–H and O–H groups in total. The predicted octanol–water partition coefficient (Wildman–Crippen LogP) is 4.56. The summed E-state index contributed by atoms with van der Waals surface area (Å²) in [4.78, 5) is 10.1. The first kappa shape index (κ1) is 20.9. The van der Waals surface area contributed by atoms with E-state index >= 15 is 0 Å². The first-order chi connectivity index (χ1) is 14.8. The highest BCUT2D eigenvalue weighted by atomic mass is 19.3. The van der Waals surface area contributed by atoms with Gasteiger partial charge in [-0.15, -0.1) is 6.42 Å². The molecule has 0 saturated carbocycles. The monoisotopic (exact) mass is 426 g/mol. The topological polar surface area (TPSA) is 50.3 Å². The van der Waals surface area contributed by atoms with Crippen molar-refractivity contribution in [3.8, 4) is 18.1 Å². The molecule has 2 heterocycles. The second-order valence-electron chi connectivity index (χ2n) is 7.61. The van der Waals surface area contributed by atoms with Gasteiger partial charge in [-0.1, -0.05) is 12.0 Å². The molecule has 8 heteroatoms. The molecule has 1 fully saturated rings. The van der Waals surface area contributed by atoms with E-state index in [1.807, 2.05) is 0 Å². The van der Waals surface area contributed by atoms with Crippen molar-refractivity contribution in [2.24, 2.45) is 0 Å². The molecule has 5 nitrogen and oxygen atoms in total. The van der Waals surface area contributed by atoms with Crippen molar-refractivity contribution in [1.82, 2.24) is 14.9 Å². The van der Waals surface area contributed by atoms with Crippen molar-refractivity contribution < 1.29 is 17.9 Å². The van der Waals surface area contributed by atoms with Crippen LogP contribution in [-0.4, -0.2) is 48.0 Å². The van der Waals surface area contributed by atoms with Crippen LogP contribution < -0.4 is 10.1 Å². The van der Waals surface area contributed by atoms with Crippen LogP contribution in [0.25, 0.3) is 10.9 Å². The minimum Gasteiger partial charge on any atom is -0.496 e. The van der Waals surface area contributed by atoms with Crippen LogP contribution in [0, 0.1) is 18.2 Å². The molecule has 0 radical (unpaired) electrons. The maximum Gasteiger partial charge on any atom is 0.267 e. The maximum atomic E-state index is 14.9. The van der Waals surface area contributed by atoms with E-state index in [-0.39, 0.29) is 24.2 Å². The van der Waals surface area contributed by atoms with Crippen LogP contribution in [0.2, 0.25) is 0 Å². The molecule has 0 amide bonds. The number of likely N-dealkylation sites (tertiary alicyclic amines) is 1. The number of terminal acetylenes is 1. The Morgan fingerprint density at radius 2 is 2.10 bits per heavy atom. The van der Waals surface area contributed by atoms with Gasteiger partial charge in [0.2, 0.25) is 0 Å². The van der Waals surface area contributed by atoms with Crippen LogP contribution in [-0.2, 0) is 0 Å². The molecular formula is C23H21F3N4O. The number of piperidine rings is 1. The number of methoxy groups -OCH3 is 1. The number of nitrogens with one attached hydrogen (secondary N) is 1. The molecule has 0 spiro atoms. The summed E-state index contributed by atoms with van der Waals surface area (Å²) >= 11 is 0. The van der Waals surface area contributed by atoms with Crippen LogP contribution >= 0.6 is 0 Å². The molecule has 1 aliphatic heterocycles. The third kappa shape index (κ3) is 3.89. The standard InChI is InChI=1S/C23H21F3N4O/c1-4-14-6-5-7-18(21(14)24)29-22-16-10-15(17-8-9-30(2)12-23(17,25)26)20(31-3)11-19(16)27-13-28-22/h1,5-7,10-11,13,17H,8-9,12H2,2-3H3,(H,27,28,29)/t17-/m1/s1. The van der Waals surface area contributed by atoms with E-state index in [1.165, 1.54) is 25.6 Å². The van der Waals surface area contributed by atoms with Crippen LogP contribution in [0.1, 0.15) is 23.5 Å². The number of aromatic nitrogens is 2. The number of fused-ring (bicyclic) bond motifs is 1. The summed E-state index contributed by atoms with van der Waals surface area (Å²) in [6.07, 6.45) is 6.94. The Bertz CT molecular complexity index is 1180. The zero-order valence-electron chi connectivity index (χ0n) is 17.1. The summed E-state index contributed by atoms with van der Waals surface area (Å²) in [6, 6.07) is 7.87. The fourth-order valence-electron chi connectivity index (χ4n) is 4.01. The second kappa shape index (κ2) is 8.08. The molecule has 160 valence electrons. The van der Waals surface area contributed by atoms with Gasteiger partial charge in [-0.3, -0.25) is 0 Å². The van der Waals surface area contributed by atoms with Crippen molar-refractivity contribution in [2.45, 2.75) is 18.3 Å². The Balaban J connectivity index is 1.83. The number of alkyl halides is 2. The zero-order valence-corrected chi connectivity index (χ0v) is 17.1. The molecule has 0 unspecified atom stereocenters. The van der Waals surface area contributed by atoms with Crippen molar-refractivity contribution in [3.63, 3.8) is 0 Å². The second-order valence-corrected chi connectivity index (χ2v) is 7.61. The van der Waals surface area contributed by atoms with Gasteiger partial charge in [0.1, 0.15) is 17.9 Å². The van der Waals surface area contributed by atoms with Gasteiger partial charge in [0.05, 0.1) is 36.3 Å². The van der Waals surface area contributed by atoms with E-state index in [1.54, 1.807) is 30.1 Å². The van der Waals surface area contributed by atoms with E-state index < -0.39 is 17.7 Å². The predicted molar refractivity (Wildman–Crippen MR) is 114 cm³/mol. The normalized spacial score (nSPS) is 18.5. The van der Waals surface area contributed by atoms with E-state index in [0.29, 0.717) is 34.6 Å². The summed E-state index contributed by atoms with van der Waals surface area (Å²) in [5, 5.41) is 3.41. The average Bonchev–Trinajstić information content (AvgIpc) is 2.74. The Labute approximate surface area is 178 Å². The SMILES string of the molecule is C#Cc1cccc(Nc2ncnc3cc(OC)c([C@H]4CCN(C)CC4(F)F)cc23)c1F. The van der Waals surface area contributed by atoms with Gasteiger partial charge in [-0.25, -0.2) is 23.1 Å². The van der Waals surface area contributed by atoms with Gasteiger partial charge < -0.3 is 15.0 Å². The summed E-state index contributed by atoms with van der Waals surface area (Å²) in [6.45, 7) is 0.210. The molecule has 1 aromatic heterocycles. The van der Waals surface area contributed by atoms with Gasteiger partial charge in [0, 0.05) is 17.0 Å². The number of rotatable bonds is 4. The quantitative estimate of drug-likeness (QED) is 0.620. The molecule has 4 rings (SSSR count). The van der Waals surface area contributed by atoms with Gasteiger partial charge in [-0.05, 0) is 38.2 Å². The van der Waals surface area contributed by atoms with Crippen LogP contribution in [0.4, 0.5) is 24.7 Å². The summed E-state index contributed by atoms with van der Waals surface area (Å²) in [5.74, 6) is -1.62.